The third-order valence-electron chi connectivity index (χ3n) is 4.09. The van der Waals surface area contributed by atoms with Gasteiger partial charge in [-0.25, -0.2) is 0 Å². The highest BCUT2D eigenvalue weighted by atomic mass is 127. The maximum atomic E-state index is 5.72. The number of halogens is 1. The van der Waals surface area contributed by atoms with Crippen LogP contribution in [0.2, 0.25) is 0 Å². The Kier molecular flexibility index (Phi) is 10.1. The van der Waals surface area contributed by atoms with E-state index < -0.39 is 0 Å². The number of thiophene rings is 1. The van der Waals surface area contributed by atoms with Gasteiger partial charge in [0.1, 0.15) is 0 Å². The molecule has 132 valence electrons. The van der Waals surface area contributed by atoms with Crippen molar-refractivity contribution in [1.82, 2.24) is 10.2 Å². The topological polar surface area (TPSA) is 36.9 Å². The SMILES string of the molecule is CCOC1CCN(C(=NC)NCC(C)Cc2cccs2)CC1.I. The zero-order valence-corrected chi connectivity index (χ0v) is 17.6. The Labute approximate surface area is 161 Å². The van der Waals surface area contributed by atoms with Crippen LogP contribution in [-0.2, 0) is 11.2 Å². The van der Waals surface area contributed by atoms with Gasteiger partial charge in [0.2, 0.25) is 0 Å². The molecule has 0 aromatic carbocycles. The van der Waals surface area contributed by atoms with E-state index in [1.54, 1.807) is 0 Å². The molecule has 2 heterocycles. The average molecular weight is 451 g/mol. The predicted octanol–water partition coefficient (Wildman–Crippen LogP) is 3.62. The van der Waals surface area contributed by atoms with Crippen molar-refractivity contribution in [3.63, 3.8) is 0 Å². The molecule has 0 bridgehead atoms. The molecule has 23 heavy (non-hydrogen) atoms. The van der Waals surface area contributed by atoms with Crippen LogP contribution < -0.4 is 5.32 Å². The Morgan fingerprint density at radius 3 is 2.78 bits per heavy atom. The van der Waals surface area contributed by atoms with Crippen molar-refractivity contribution >= 4 is 41.3 Å². The van der Waals surface area contributed by atoms with Gasteiger partial charge in [0.05, 0.1) is 6.10 Å². The summed E-state index contributed by atoms with van der Waals surface area (Å²) in [7, 11) is 1.88. The lowest BCUT2D eigenvalue weighted by atomic mass is 10.1. The smallest absolute Gasteiger partial charge is 0.193 e. The number of guanidine groups is 1. The molecule has 0 spiro atoms. The molecule has 1 aromatic heterocycles. The highest BCUT2D eigenvalue weighted by Gasteiger charge is 2.21. The fourth-order valence-corrected chi connectivity index (χ4v) is 3.78. The molecule has 1 fully saturated rings. The minimum Gasteiger partial charge on any atom is -0.378 e. The summed E-state index contributed by atoms with van der Waals surface area (Å²) in [5.74, 6) is 1.64. The van der Waals surface area contributed by atoms with Gasteiger partial charge in [0.25, 0.3) is 0 Å². The van der Waals surface area contributed by atoms with Gasteiger partial charge in [-0.2, -0.15) is 0 Å². The summed E-state index contributed by atoms with van der Waals surface area (Å²) >= 11 is 1.84. The number of hydrogen-bond donors (Lipinski definition) is 1. The standard InChI is InChI=1S/C17H29N3OS.HI/c1-4-21-15-7-9-20(10-8-15)17(18-3)19-13-14(2)12-16-6-5-11-22-16;/h5-6,11,14-15H,4,7-10,12-13H2,1-3H3,(H,18,19);1H. The third-order valence-corrected chi connectivity index (χ3v) is 4.99. The van der Waals surface area contributed by atoms with E-state index in [4.69, 9.17) is 4.74 Å². The van der Waals surface area contributed by atoms with E-state index in [0.717, 1.165) is 51.5 Å². The highest BCUT2D eigenvalue weighted by molar-refractivity contribution is 14.0. The van der Waals surface area contributed by atoms with Crippen LogP contribution in [0.3, 0.4) is 0 Å². The number of nitrogens with zero attached hydrogens (tertiary/aromatic N) is 2. The second kappa shape index (κ2) is 11.3. The number of piperidine rings is 1. The lowest BCUT2D eigenvalue weighted by Gasteiger charge is -2.34. The minimum absolute atomic E-state index is 0. The first-order valence-corrected chi connectivity index (χ1v) is 9.20. The van der Waals surface area contributed by atoms with E-state index in [1.165, 1.54) is 4.88 Å². The Hall–Kier alpha value is -0.340. The van der Waals surface area contributed by atoms with Gasteiger partial charge < -0.3 is 15.0 Å². The van der Waals surface area contributed by atoms with Crippen molar-refractivity contribution in [3.8, 4) is 0 Å². The molecular formula is C17H30IN3OS. The first kappa shape index (κ1) is 20.7. The summed E-state index contributed by atoms with van der Waals surface area (Å²) in [5.41, 5.74) is 0. The van der Waals surface area contributed by atoms with Gasteiger partial charge in [-0.15, -0.1) is 35.3 Å². The fraction of sp³-hybridized carbons (Fsp3) is 0.706. The molecule has 2 rings (SSSR count). The van der Waals surface area contributed by atoms with Gasteiger partial charge in [-0.05, 0) is 43.6 Å². The van der Waals surface area contributed by atoms with Crippen LogP contribution in [0.1, 0.15) is 31.6 Å². The number of aliphatic imine (C=N–C) groups is 1. The lowest BCUT2D eigenvalue weighted by molar-refractivity contribution is 0.0263. The molecule has 0 radical (unpaired) electrons. The fourth-order valence-electron chi connectivity index (χ4n) is 2.91. The lowest BCUT2D eigenvalue weighted by Crippen LogP contribution is -2.48. The molecule has 1 aromatic rings. The zero-order chi connectivity index (χ0) is 15.8. The maximum Gasteiger partial charge on any atom is 0.193 e. The van der Waals surface area contributed by atoms with Crippen molar-refractivity contribution in [3.05, 3.63) is 22.4 Å². The van der Waals surface area contributed by atoms with Crippen LogP contribution in [-0.4, -0.2) is 50.3 Å². The summed E-state index contributed by atoms with van der Waals surface area (Å²) in [5, 5.41) is 5.69. The molecule has 1 unspecified atom stereocenters. The molecule has 1 atom stereocenters. The minimum atomic E-state index is 0. The first-order valence-electron chi connectivity index (χ1n) is 8.32. The largest absolute Gasteiger partial charge is 0.378 e. The van der Waals surface area contributed by atoms with Crippen molar-refractivity contribution in [2.75, 3.05) is 33.3 Å². The summed E-state index contributed by atoms with van der Waals surface area (Å²) in [6.45, 7) is 8.21. The van der Waals surface area contributed by atoms with Crippen LogP contribution in [0.4, 0.5) is 0 Å². The van der Waals surface area contributed by atoms with Crippen LogP contribution in [0.15, 0.2) is 22.5 Å². The molecule has 1 aliphatic rings. The quantitative estimate of drug-likeness (QED) is 0.408. The van der Waals surface area contributed by atoms with Crippen LogP contribution in [0, 0.1) is 5.92 Å². The highest BCUT2D eigenvalue weighted by Crippen LogP contribution is 2.15. The van der Waals surface area contributed by atoms with Crippen molar-refractivity contribution < 1.29 is 4.74 Å². The Bertz CT molecular complexity index is 445. The van der Waals surface area contributed by atoms with E-state index >= 15 is 0 Å². The third kappa shape index (κ3) is 6.97. The van der Waals surface area contributed by atoms with Gasteiger partial charge in [-0.3, -0.25) is 4.99 Å². The number of hydrogen-bond acceptors (Lipinski definition) is 3. The van der Waals surface area contributed by atoms with Crippen LogP contribution in [0.5, 0.6) is 0 Å². The van der Waals surface area contributed by atoms with Gasteiger partial charge in [0.15, 0.2) is 5.96 Å². The van der Waals surface area contributed by atoms with Crippen LogP contribution in [0.25, 0.3) is 0 Å². The van der Waals surface area contributed by atoms with E-state index in [-0.39, 0.29) is 24.0 Å². The second-order valence-electron chi connectivity index (χ2n) is 5.96. The van der Waals surface area contributed by atoms with E-state index in [9.17, 15) is 0 Å². The normalized spacial score (nSPS) is 17.7. The number of likely N-dealkylation sites (tertiary alicyclic amines) is 1. The summed E-state index contributed by atoms with van der Waals surface area (Å²) < 4.78 is 5.72. The van der Waals surface area contributed by atoms with Crippen molar-refractivity contribution in [2.24, 2.45) is 10.9 Å². The number of rotatable bonds is 6. The van der Waals surface area contributed by atoms with E-state index in [2.05, 4.69) is 46.6 Å². The number of ether oxygens (including phenoxy) is 1. The molecular weight excluding hydrogens is 421 g/mol. The number of nitrogens with one attached hydrogen (secondary N) is 1. The molecule has 1 aliphatic heterocycles. The molecule has 0 amide bonds. The van der Waals surface area contributed by atoms with Gasteiger partial charge in [0, 0.05) is 38.2 Å². The Morgan fingerprint density at radius 1 is 1.48 bits per heavy atom. The van der Waals surface area contributed by atoms with Gasteiger partial charge in [-0.1, -0.05) is 13.0 Å². The zero-order valence-electron chi connectivity index (χ0n) is 14.5. The molecule has 6 heteroatoms. The van der Waals surface area contributed by atoms with E-state index in [1.807, 2.05) is 18.4 Å². The predicted molar refractivity (Wildman–Crippen MR) is 110 cm³/mol. The maximum absolute atomic E-state index is 5.72. The molecule has 0 aliphatic carbocycles. The molecule has 4 nitrogen and oxygen atoms in total. The van der Waals surface area contributed by atoms with E-state index in [0.29, 0.717) is 12.0 Å². The Morgan fingerprint density at radius 2 is 2.22 bits per heavy atom. The Balaban J connectivity index is 0.00000264. The summed E-state index contributed by atoms with van der Waals surface area (Å²) in [6, 6.07) is 4.34. The summed E-state index contributed by atoms with van der Waals surface area (Å²) in [4.78, 5) is 8.26. The summed E-state index contributed by atoms with van der Waals surface area (Å²) in [6.07, 6.45) is 3.75. The first-order chi connectivity index (χ1) is 10.7. The second-order valence-corrected chi connectivity index (χ2v) is 6.99. The molecule has 1 N–H and O–H groups in total. The van der Waals surface area contributed by atoms with Crippen LogP contribution >= 0.6 is 35.3 Å². The van der Waals surface area contributed by atoms with Crippen molar-refractivity contribution in [1.29, 1.82) is 0 Å². The molecule has 0 saturated carbocycles. The van der Waals surface area contributed by atoms with Crippen molar-refractivity contribution in [2.45, 2.75) is 39.2 Å². The monoisotopic (exact) mass is 451 g/mol. The average Bonchev–Trinajstić information content (AvgIpc) is 3.02. The molecule has 1 saturated heterocycles. The van der Waals surface area contributed by atoms with Gasteiger partial charge >= 0.3 is 0 Å².